The second-order valence-electron chi connectivity index (χ2n) is 10.8. The van der Waals surface area contributed by atoms with E-state index in [1.807, 2.05) is 46.2 Å². The topological polar surface area (TPSA) is 94.2 Å². The summed E-state index contributed by atoms with van der Waals surface area (Å²) in [7, 11) is 0. The van der Waals surface area contributed by atoms with Crippen molar-refractivity contribution in [3.05, 3.63) is 78.0 Å². The lowest BCUT2D eigenvalue weighted by atomic mass is 9.96. The Morgan fingerprint density at radius 2 is 1.92 bits per heavy atom. The number of carbonyl (C=O) groups is 1. The van der Waals surface area contributed by atoms with Gasteiger partial charge in [-0.1, -0.05) is 12.1 Å². The summed E-state index contributed by atoms with van der Waals surface area (Å²) in [6, 6.07) is 9.98. The molecule has 2 N–H and O–H groups in total. The maximum absolute atomic E-state index is 14.0. The quantitative estimate of drug-likeness (QED) is 0.653. The number of amidine groups is 1. The van der Waals surface area contributed by atoms with E-state index in [0.29, 0.717) is 32.0 Å². The summed E-state index contributed by atoms with van der Waals surface area (Å²) < 4.78 is 14.0. The number of nitrogen functional groups attached to an aromatic ring is 1. The molecule has 39 heavy (non-hydrogen) atoms. The summed E-state index contributed by atoms with van der Waals surface area (Å²) in [4.78, 5) is 35.7. The van der Waals surface area contributed by atoms with Gasteiger partial charge in [-0.3, -0.25) is 14.9 Å². The third kappa shape index (κ3) is 5.25. The van der Waals surface area contributed by atoms with E-state index in [1.54, 1.807) is 18.5 Å². The Morgan fingerprint density at radius 3 is 2.67 bits per heavy atom. The van der Waals surface area contributed by atoms with Crippen LogP contribution in [-0.2, 0) is 6.54 Å². The molecule has 2 aromatic rings. The van der Waals surface area contributed by atoms with E-state index in [9.17, 15) is 9.18 Å². The molecule has 204 valence electrons. The van der Waals surface area contributed by atoms with Crippen LogP contribution in [0.3, 0.4) is 0 Å². The number of nitrogens with two attached hydrogens (primary N) is 1. The summed E-state index contributed by atoms with van der Waals surface area (Å²) in [6.45, 7) is 6.58. The van der Waals surface area contributed by atoms with Crippen LogP contribution in [0.1, 0.15) is 31.0 Å². The number of halogens is 1. The number of fused-ring (bicyclic) bond motifs is 1. The first-order chi connectivity index (χ1) is 19.0. The molecule has 9 nitrogen and oxygen atoms in total. The molecular formula is C29H35FN8O. The predicted octanol–water partition coefficient (Wildman–Crippen LogP) is 3.07. The highest BCUT2D eigenvalue weighted by Gasteiger charge is 2.42. The van der Waals surface area contributed by atoms with Crippen LogP contribution in [-0.4, -0.2) is 98.3 Å². The number of amides is 2. The molecule has 2 saturated heterocycles. The highest BCUT2D eigenvalue weighted by molar-refractivity contribution is 5.99. The zero-order valence-corrected chi connectivity index (χ0v) is 22.2. The Labute approximate surface area is 228 Å². The van der Waals surface area contributed by atoms with Gasteiger partial charge < -0.3 is 20.4 Å². The number of allylic oxidation sites excluding steroid dienone is 2. The highest BCUT2D eigenvalue weighted by Crippen LogP contribution is 2.33. The van der Waals surface area contributed by atoms with Crippen molar-refractivity contribution in [3.63, 3.8) is 0 Å². The second-order valence-corrected chi connectivity index (χ2v) is 10.8. The van der Waals surface area contributed by atoms with E-state index in [0.717, 1.165) is 43.0 Å². The van der Waals surface area contributed by atoms with Gasteiger partial charge in [0.1, 0.15) is 17.3 Å². The van der Waals surface area contributed by atoms with E-state index in [1.165, 1.54) is 6.08 Å². The third-order valence-electron chi connectivity index (χ3n) is 8.26. The van der Waals surface area contributed by atoms with Crippen molar-refractivity contribution in [1.29, 1.82) is 0 Å². The van der Waals surface area contributed by atoms with Crippen LogP contribution in [0.5, 0.6) is 0 Å². The Balaban J connectivity index is 1.08. The number of likely N-dealkylation sites (tertiary alicyclic amines) is 1. The molecule has 0 radical (unpaired) electrons. The van der Waals surface area contributed by atoms with Gasteiger partial charge in [-0.15, -0.1) is 0 Å². The average molecular weight is 531 g/mol. The molecule has 4 aliphatic rings. The van der Waals surface area contributed by atoms with Crippen LogP contribution in [0.25, 0.3) is 0 Å². The van der Waals surface area contributed by atoms with Gasteiger partial charge in [0, 0.05) is 63.7 Å². The van der Waals surface area contributed by atoms with Gasteiger partial charge in [0.25, 0.3) is 0 Å². The first-order valence-electron chi connectivity index (χ1n) is 13.8. The van der Waals surface area contributed by atoms with Crippen molar-refractivity contribution < 1.29 is 9.18 Å². The van der Waals surface area contributed by atoms with Gasteiger partial charge >= 0.3 is 6.03 Å². The summed E-state index contributed by atoms with van der Waals surface area (Å²) >= 11 is 0. The van der Waals surface area contributed by atoms with Crippen LogP contribution < -0.4 is 5.73 Å². The van der Waals surface area contributed by atoms with E-state index >= 15 is 0 Å². The zero-order valence-electron chi connectivity index (χ0n) is 22.2. The van der Waals surface area contributed by atoms with Gasteiger partial charge in [0.15, 0.2) is 5.84 Å². The molecule has 2 fully saturated rings. The highest BCUT2D eigenvalue weighted by atomic mass is 19.1. The molecule has 0 aromatic carbocycles. The minimum atomic E-state index is -0.256. The molecule has 2 aromatic heterocycles. The number of aromatic nitrogens is 2. The number of aliphatic imine (C=N–C) groups is 1. The lowest BCUT2D eigenvalue weighted by Gasteiger charge is -2.44. The Morgan fingerprint density at radius 1 is 1.08 bits per heavy atom. The molecule has 3 atom stereocenters. The fourth-order valence-electron chi connectivity index (χ4n) is 6.22. The smallest absolute Gasteiger partial charge is 0.320 e. The number of carbonyl (C=O) groups excluding carboxylic acids is 1. The minimum absolute atomic E-state index is 0.0292. The largest absolute Gasteiger partial charge is 0.384 e. The van der Waals surface area contributed by atoms with Gasteiger partial charge in [0.05, 0.1) is 12.1 Å². The molecule has 10 heteroatoms. The first kappa shape index (κ1) is 25.5. The van der Waals surface area contributed by atoms with Crippen LogP contribution in [0.15, 0.2) is 71.8 Å². The number of hydrogen-bond donors (Lipinski definition) is 1. The number of nitrogens with zero attached hydrogens (tertiary/aromatic N) is 7. The molecule has 0 spiro atoms. The summed E-state index contributed by atoms with van der Waals surface area (Å²) in [5.41, 5.74) is 7.78. The van der Waals surface area contributed by atoms with E-state index in [-0.39, 0.29) is 36.0 Å². The maximum Gasteiger partial charge on any atom is 0.320 e. The minimum Gasteiger partial charge on any atom is -0.384 e. The van der Waals surface area contributed by atoms with Crippen molar-refractivity contribution >= 4 is 17.7 Å². The van der Waals surface area contributed by atoms with Crippen molar-refractivity contribution in [2.45, 2.75) is 50.5 Å². The zero-order chi connectivity index (χ0) is 26.9. The van der Waals surface area contributed by atoms with E-state index in [2.05, 4.69) is 26.7 Å². The number of rotatable bonds is 4. The van der Waals surface area contributed by atoms with Crippen molar-refractivity contribution in [2.24, 2.45) is 4.99 Å². The molecular weight excluding hydrogens is 495 g/mol. The van der Waals surface area contributed by atoms with Crippen LogP contribution in [0.4, 0.5) is 15.0 Å². The monoisotopic (exact) mass is 530 g/mol. The van der Waals surface area contributed by atoms with Crippen molar-refractivity contribution in [3.8, 4) is 0 Å². The normalized spacial score (nSPS) is 25.9. The lowest BCUT2D eigenvalue weighted by molar-refractivity contribution is 0.0681. The Kier molecular flexibility index (Phi) is 7.03. The van der Waals surface area contributed by atoms with Crippen LogP contribution in [0, 0.1) is 0 Å². The number of urea groups is 1. The molecule has 1 unspecified atom stereocenters. The van der Waals surface area contributed by atoms with Gasteiger partial charge in [-0.25, -0.2) is 14.2 Å². The lowest BCUT2D eigenvalue weighted by Crippen LogP contribution is -2.58. The molecule has 6 rings (SSSR count). The fourth-order valence-corrected chi connectivity index (χ4v) is 6.22. The maximum atomic E-state index is 14.0. The fraction of sp³-hybridized carbons (Fsp3) is 0.448. The first-order valence-corrected chi connectivity index (χ1v) is 13.8. The van der Waals surface area contributed by atoms with Crippen LogP contribution >= 0.6 is 0 Å². The van der Waals surface area contributed by atoms with Crippen molar-refractivity contribution in [1.82, 2.24) is 29.6 Å². The second kappa shape index (κ2) is 10.8. The van der Waals surface area contributed by atoms with E-state index < -0.39 is 0 Å². The average Bonchev–Trinajstić information content (AvgIpc) is 3.33. The number of piperidine rings is 1. The molecule has 0 bridgehead atoms. The Hall–Kier alpha value is -3.79. The summed E-state index contributed by atoms with van der Waals surface area (Å²) in [5.74, 6) is 1.09. The van der Waals surface area contributed by atoms with E-state index in [4.69, 9.17) is 10.7 Å². The van der Waals surface area contributed by atoms with Crippen molar-refractivity contribution in [2.75, 3.05) is 38.5 Å². The molecule has 2 amide bonds. The third-order valence-corrected chi connectivity index (χ3v) is 8.26. The standard InChI is InChI=1S/C29H35FN8O/c1-20-18-37(15-14-36(20)19-21-7-11-33-27(31)16-21)29(39)35-12-8-23(9-13-35)38-26-6-5-22(30)17-25(26)34-28(38)24-4-2-3-10-32-24/h2-7,10-11,16-17,20,23,25-26H,8-9,12-15,18-19H2,1H3,(H2,31,33)/t20-,25+,26?/m0/s1. The Bertz CT molecular complexity index is 1290. The van der Waals surface area contributed by atoms with Crippen LogP contribution in [0.2, 0.25) is 0 Å². The number of piperazine rings is 1. The molecule has 5 heterocycles. The number of anilines is 1. The molecule has 0 saturated carbocycles. The summed E-state index contributed by atoms with van der Waals surface area (Å²) in [6.07, 6.45) is 10.2. The summed E-state index contributed by atoms with van der Waals surface area (Å²) in [5, 5.41) is 0. The SMILES string of the molecule is C[C@H]1CN(C(=O)N2CCC(N3C(c4ccccn4)=N[C@@H]4C=C(F)C=CC43)CC2)CCN1Cc1ccnc(N)c1. The number of hydrogen-bond acceptors (Lipinski definition) is 7. The number of pyridine rings is 2. The molecule has 3 aliphatic heterocycles. The molecule has 1 aliphatic carbocycles. The van der Waals surface area contributed by atoms with Gasteiger partial charge in [0.2, 0.25) is 0 Å². The van der Waals surface area contributed by atoms with Gasteiger partial charge in [-0.2, -0.15) is 0 Å². The van der Waals surface area contributed by atoms with Gasteiger partial charge in [-0.05, 0) is 61.7 Å². The predicted molar refractivity (Wildman–Crippen MR) is 149 cm³/mol.